The number of ketones is 1. The normalized spacial score (nSPS) is 25.4. The van der Waals surface area contributed by atoms with Crippen molar-refractivity contribution in [2.75, 3.05) is 13.1 Å². The van der Waals surface area contributed by atoms with Gasteiger partial charge in [-0.25, -0.2) is 0 Å². The van der Waals surface area contributed by atoms with Crippen LogP contribution in [0, 0.1) is 5.92 Å². The Labute approximate surface area is 143 Å². The first-order valence-corrected chi connectivity index (χ1v) is 9.56. The third kappa shape index (κ3) is 4.42. The first-order valence-electron chi connectivity index (χ1n) is 8.64. The molecule has 0 spiro atoms. The third-order valence-corrected chi connectivity index (χ3v) is 5.69. The van der Waals surface area contributed by atoms with E-state index in [1.807, 2.05) is 30.3 Å². The first-order chi connectivity index (χ1) is 10.7. The van der Waals surface area contributed by atoms with E-state index in [1.165, 1.54) is 25.9 Å². The van der Waals surface area contributed by atoms with Gasteiger partial charge in [0.15, 0.2) is 5.78 Å². The van der Waals surface area contributed by atoms with E-state index in [4.69, 9.17) is 0 Å². The van der Waals surface area contributed by atoms with Gasteiger partial charge in [-0.2, -0.15) is 0 Å². The second-order valence-electron chi connectivity index (χ2n) is 6.36. The van der Waals surface area contributed by atoms with Crippen molar-refractivity contribution in [3.63, 3.8) is 0 Å². The molecule has 1 fully saturated rings. The Morgan fingerprint density at radius 3 is 2.32 bits per heavy atom. The van der Waals surface area contributed by atoms with Crippen molar-refractivity contribution in [3.05, 3.63) is 35.9 Å². The maximum Gasteiger partial charge on any atom is 0.167 e. The quantitative estimate of drug-likeness (QED) is 0.504. The van der Waals surface area contributed by atoms with Gasteiger partial charge in [0.05, 0.1) is 0 Å². The molecule has 0 saturated heterocycles. The predicted molar refractivity (Wildman–Crippen MR) is 96.8 cm³/mol. The average Bonchev–Trinajstić information content (AvgIpc) is 2.55. The summed E-state index contributed by atoms with van der Waals surface area (Å²) in [5.41, 5.74) is 0.856. The van der Waals surface area contributed by atoms with Crippen LogP contribution in [-0.2, 0) is 0 Å². The summed E-state index contributed by atoms with van der Waals surface area (Å²) in [6.07, 6.45) is 5.64. The molecule has 2 nitrogen and oxygen atoms in total. The van der Waals surface area contributed by atoms with Crippen LogP contribution >= 0.6 is 15.9 Å². The number of benzene rings is 1. The molecule has 0 N–H and O–H groups in total. The molecule has 0 radical (unpaired) electrons. The van der Waals surface area contributed by atoms with Crippen molar-refractivity contribution in [1.29, 1.82) is 0 Å². The Balaban J connectivity index is 1.99. The molecule has 1 saturated carbocycles. The van der Waals surface area contributed by atoms with Crippen molar-refractivity contribution in [3.8, 4) is 0 Å². The zero-order valence-corrected chi connectivity index (χ0v) is 15.4. The highest BCUT2D eigenvalue weighted by atomic mass is 79.9. The van der Waals surface area contributed by atoms with E-state index in [-0.39, 0.29) is 5.92 Å². The van der Waals surface area contributed by atoms with Gasteiger partial charge in [-0.1, -0.05) is 60.1 Å². The second-order valence-corrected chi connectivity index (χ2v) is 7.53. The van der Waals surface area contributed by atoms with Crippen LogP contribution in [0.15, 0.2) is 30.3 Å². The highest BCUT2D eigenvalue weighted by molar-refractivity contribution is 9.09. The fraction of sp³-hybridized carbons (Fsp3) is 0.632. The van der Waals surface area contributed by atoms with Crippen molar-refractivity contribution < 1.29 is 4.79 Å². The van der Waals surface area contributed by atoms with Crippen molar-refractivity contribution in [1.82, 2.24) is 4.90 Å². The molecule has 1 aromatic rings. The van der Waals surface area contributed by atoms with E-state index in [0.29, 0.717) is 16.7 Å². The Kier molecular flexibility index (Phi) is 7.10. The number of hydrogen-bond acceptors (Lipinski definition) is 2. The van der Waals surface area contributed by atoms with Gasteiger partial charge in [-0.15, -0.1) is 0 Å². The number of hydrogen-bond donors (Lipinski definition) is 0. The van der Waals surface area contributed by atoms with E-state index in [9.17, 15) is 4.79 Å². The summed E-state index contributed by atoms with van der Waals surface area (Å²) in [7, 11) is 0. The molecular formula is C19H28BrNO. The van der Waals surface area contributed by atoms with Gasteiger partial charge in [-0.3, -0.25) is 4.79 Å². The van der Waals surface area contributed by atoms with Crippen molar-refractivity contribution in [2.24, 2.45) is 5.92 Å². The first kappa shape index (κ1) is 17.7. The van der Waals surface area contributed by atoms with Crippen LogP contribution in [0.5, 0.6) is 0 Å². The number of Topliss-reactive ketones (excluding diaryl/α,β-unsaturated/α-hetero) is 1. The van der Waals surface area contributed by atoms with E-state index in [0.717, 1.165) is 24.8 Å². The fourth-order valence-electron chi connectivity index (χ4n) is 3.59. The van der Waals surface area contributed by atoms with Crippen LogP contribution in [0.4, 0.5) is 0 Å². The van der Waals surface area contributed by atoms with Gasteiger partial charge in [-0.05, 0) is 45.2 Å². The lowest BCUT2D eigenvalue weighted by molar-refractivity contribution is 0.0837. The number of nitrogens with zero attached hydrogens (tertiary/aromatic N) is 1. The maximum absolute atomic E-state index is 12.7. The molecule has 0 amide bonds. The van der Waals surface area contributed by atoms with Gasteiger partial charge < -0.3 is 4.90 Å². The molecule has 3 heteroatoms. The summed E-state index contributed by atoms with van der Waals surface area (Å²) < 4.78 is 0. The molecule has 2 rings (SSSR count). The summed E-state index contributed by atoms with van der Waals surface area (Å²) in [6.45, 7) is 6.85. The number of alkyl halides is 1. The highest BCUT2D eigenvalue weighted by Gasteiger charge is 2.35. The number of rotatable bonds is 7. The Bertz CT molecular complexity index is 456. The van der Waals surface area contributed by atoms with E-state index in [1.54, 1.807) is 0 Å². The van der Waals surface area contributed by atoms with Gasteiger partial charge in [0, 0.05) is 22.4 Å². The predicted octanol–water partition coefficient (Wildman–Crippen LogP) is 4.92. The van der Waals surface area contributed by atoms with Gasteiger partial charge in [0.25, 0.3) is 0 Å². The topological polar surface area (TPSA) is 20.3 Å². The minimum absolute atomic E-state index is 0.128. The summed E-state index contributed by atoms with van der Waals surface area (Å²) in [5.74, 6) is 0.433. The standard InChI is InChI=1S/C19H28BrNO/c1-3-12-21(13-4-2)16-10-11-17(18(20)14-16)19(22)15-8-6-5-7-9-15/h5-9,16-18H,3-4,10-14H2,1-2H3. The minimum atomic E-state index is 0.128. The van der Waals surface area contributed by atoms with Crippen LogP contribution in [0.1, 0.15) is 56.3 Å². The molecule has 1 aliphatic rings. The van der Waals surface area contributed by atoms with Gasteiger partial charge in [0.1, 0.15) is 0 Å². The van der Waals surface area contributed by atoms with Crippen molar-refractivity contribution >= 4 is 21.7 Å². The lowest BCUT2D eigenvalue weighted by Crippen LogP contribution is -2.44. The zero-order chi connectivity index (χ0) is 15.9. The van der Waals surface area contributed by atoms with Gasteiger partial charge >= 0.3 is 0 Å². The maximum atomic E-state index is 12.7. The molecule has 1 aliphatic carbocycles. The minimum Gasteiger partial charge on any atom is -0.300 e. The molecule has 3 unspecified atom stereocenters. The van der Waals surface area contributed by atoms with Crippen LogP contribution in [0.3, 0.4) is 0 Å². The molecule has 0 bridgehead atoms. The number of carbonyl (C=O) groups excluding carboxylic acids is 1. The molecule has 1 aromatic carbocycles. The van der Waals surface area contributed by atoms with Crippen molar-refractivity contribution in [2.45, 2.75) is 56.8 Å². The second kappa shape index (κ2) is 8.83. The molecule has 0 aromatic heterocycles. The average molecular weight is 366 g/mol. The summed E-state index contributed by atoms with van der Waals surface area (Å²) in [4.78, 5) is 15.6. The lowest BCUT2D eigenvalue weighted by atomic mass is 9.81. The fourth-order valence-corrected chi connectivity index (χ4v) is 4.53. The lowest BCUT2D eigenvalue weighted by Gasteiger charge is -2.39. The van der Waals surface area contributed by atoms with Crippen LogP contribution < -0.4 is 0 Å². The number of halogens is 1. The van der Waals surface area contributed by atoms with E-state index in [2.05, 4.69) is 34.7 Å². The SMILES string of the molecule is CCCN(CCC)C1CCC(C(=O)c2ccccc2)C(Br)C1. The Morgan fingerprint density at radius 1 is 1.14 bits per heavy atom. The molecule has 0 aliphatic heterocycles. The molecule has 3 atom stereocenters. The zero-order valence-electron chi connectivity index (χ0n) is 13.8. The summed E-state index contributed by atoms with van der Waals surface area (Å²) in [6, 6.07) is 10.4. The largest absolute Gasteiger partial charge is 0.300 e. The molecular weight excluding hydrogens is 338 g/mol. The summed E-state index contributed by atoms with van der Waals surface area (Å²) in [5, 5.41) is 0. The van der Waals surface area contributed by atoms with Gasteiger partial charge in [0.2, 0.25) is 0 Å². The van der Waals surface area contributed by atoms with Crippen LogP contribution in [-0.4, -0.2) is 34.6 Å². The Hall–Kier alpha value is -0.670. The van der Waals surface area contributed by atoms with Crippen LogP contribution in [0.2, 0.25) is 0 Å². The third-order valence-electron chi connectivity index (χ3n) is 4.68. The van der Waals surface area contributed by atoms with Crippen LogP contribution in [0.25, 0.3) is 0 Å². The van der Waals surface area contributed by atoms with E-state index < -0.39 is 0 Å². The molecule has 0 heterocycles. The number of carbonyl (C=O) groups is 1. The highest BCUT2D eigenvalue weighted by Crippen LogP contribution is 2.35. The molecule has 122 valence electrons. The van der Waals surface area contributed by atoms with E-state index >= 15 is 0 Å². The molecule has 22 heavy (non-hydrogen) atoms. The smallest absolute Gasteiger partial charge is 0.167 e. The Morgan fingerprint density at radius 2 is 1.77 bits per heavy atom. The monoisotopic (exact) mass is 365 g/mol. The summed E-state index contributed by atoms with van der Waals surface area (Å²) >= 11 is 3.82.